The summed E-state index contributed by atoms with van der Waals surface area (Å²) in [6.45, 7) is 5.31. The molecule has 1 atom stereocenters. The predicted octanol–water partition coefficient (Wildman–Crippen LogP) is 5.54. The lowest BCUT2D eigenvalue weighted by Gasteiger charge is -2.22. The molecule has 1 nitrogen and oxygen atoms in total. The van der Waals surface area contributed by atoms with Crippen LogP contribution in [0.3, 0.4) is 0 Å². The first kappa shape index (κ1) is 16.8. The van der Waals surface area contributed by atoms with Crippen molar-refractivity contribution in [2.75, 3.05) is 6.54 Å². The summed E-state index contributed by atoms with van der Waals surface area (Å²) in [4.78, 5) is 0. The summed E-state index contributed by atoms with van der Waals surface area (Å²) in [6.07, 6.45) is 2.11. The van der Waals surface area contributed by atoms with Gasteiger partial charge in [-0.05, 0) is 83.8 Å². The lowest BCUT2D eigenvalue weighted by molar-refractivity contribution is 0.527. The number of rotatable bonds is 6. The topological polar surface area (TPSA) is 12.0 Å². The Hall–Kier alpha value is -0.580. The predicted molar refractivity (Wildman–Crippen MR) is 100 cm³/mol. The first-order valence-corrected chi connectivity index (χ1v) is 8.80. The molecule has 2 aromatic rings. The van der Waals surface area contributed by atoms with Gasteiger partial charge in [-0.25, -0.2) is 0 Å². The molecule has 0 spiro atoms. The highest BCUT2D eigenvalue weighted by Gasteiger charge is 2.15. The Labute approximate surface area is 146 Å². The highest BCUT2D eigenvalue weighted by molar-refractivity contribution is 14.1. The molecule has 0 aromatic heterocycles. The number of halogens is 2. The Morgan fingerprint density at radius 2 is 1.86 bits per heavy atom. The normalized spacial score (nSPS) is 12.4. The van der Waals surface area contributed by atoms with Gasteiger partial charge in [0.2, 0.25) is 0 Å². The van der Waals surface area contributed by atoms with Gasteiger partial charge in [-0.15, -0.1) is 0 Å². The van der Waals surface area contributed by atoms with E-state index in [9.17, 15) is 0 Å². The van der Waals surface area contributed by atoms with Crippen LogP contribution < -0.4 is 5.32 Å². The zero-order chi connectivity index (χ0) is 15.2. The largest absolute Gasteiger partial charge is 0.310 e. The fourth-order valence-corrected chi connectivity index (χ4v) is 3.01. The zero-order valence-corrected chi connectivity index (χ0v) is 15.4. The Morgan fingerprint density at radius 1 is 1.14 bits per heavy atom. The Kier molecular flexibility index (Phi) is 6.52. The maximum atomic E-state index is 6.29. The van der Waals surface area contributed by atoms with Crippen molar-refractivity contribution >= 4 is 34.2 Å². The highest BCUT2D eigenvalue weighted by Crippen LogP contribution is 2.27. The van der Waals surface area contributed by atoms with Crippen LogP contribution in [0.1, 0.15) is 36.1 Å². The first-order chi connectivity index (χ1) is 10.1. The van der Waals surface area contributed by atoms with Crippen LogP contribution in [-0.4, -0.2) is 6.54 Å². The summed E-state index contributed by atoms with van der Waals surface area (Å²) in [6, 6.07) is 15.2. The van der Waals surface area contributed by atoms with Crippen LogP contribution in [0.4, 0.5) is 0 Å². The van der Waals surface area contributed by atoms with Crippen LogP contribution in [0.5, 0.6) is 0 Å². The lowest BCUT2D eigenvalue weighted by Crippen LogP contribution is -2.24. The van der Waals surface area contributed by atoms with Crippen molar-refractivity contribution < 1.29 is 0 Å². The maximum Gasteiger partial charge on any atom is 0.0438 e. The van der Waals surface area contributed by atoms with Crippen molar-refractivity contribution in [1.82, 2.24) is 5.32 Å². The maximum absolute atomic E-state index is 6.29. The van der Waals surface area contributed by atoms with E-state index in [1.54, 1.807) is 0 Å². The van der Waals surface area contributed by atoms with Crippen molar-refractivity contribution in [2.24, 2.45) is 0 Å². The molecular weight excluding hydrogens is 393 g/mol. The van der Waals surface area contributed by atoms with Crippen LogP contribution in [0.15, 0.2) is 42.5 Å². The van der Waals surface area contributed by atoms with Crippen molar-refractivity contribution in [1.29, 1.82) is 0 Å². The van der Waals surface area contributed by atoms with Gasteiger partial charge in [0.25, 0.3) is 0 Å². The molecule has 1 N–H and O–H groups in total. The molecule has 0 fully saturated rings. The Balaban J connectivity index is 2.25. The molecule has 1 unspecified atom stereocenters. The molecule has 0 saturated heterocycles. The van der Waals surface area contributed by atoms with Crippen LogP contribution in [0, 0.1) is 10.5 Å². The molecular formula is C18H21ClIN. The summed E-state index contributed by atoms with van der Waals surface area (Å²) in [5.41, 5.74) is 3.83. The summed E-state index contributed by atoms with van der Waals surface area (Å²) in [7, 11) is 0. The standard InChI is InChI=1S/C18H21ClIN/c1-3-11-21-18(12-14-7-9-15(20)10-8-14)16-5-4-6-17(19)13(16)2/h4-10,18,21H,3,11-12H2,1-2H3. The second kappa shape index (κ2) is 8.16. The smallest absolute Gasteiger partial charge is 0.0438 e. The van der Waals surface area contributed by atoms with E-state index < -0.39 is 0 Å². The molecule has 0 aliphatic heterocycles. The van der Waals surface area contributed by atoms with Gasteiger partial charge >= 0.3 is 0 Å². The van der Waals surface area contributed by atoms with Gasteiger partial charge in [-0.1, -0.05) is 42.8 Å². The van der Waals surface area contributed by atoms with Crippen molar-refractivity contribution in [3.8, 4) is 0 Å². The molecule has 112 valence electrons. The van der Waals surface area contributed by atoms with Gasteiger partial charge in [0, 0.05) is 14.6 Å². The van der Waals surface area contributed by atoms with Crippen molar-refractivity contribution in [3.05, 3.63) is 67.7 Å². The fourth-order valence-electron chi connectivity index (χ4n) is 2.47. The molecule has 0 bridgehead atoms. The number of benzene rings is 2. The molecule has 0 amide bonds. The van der Waals surface area contributed by atoms with Gasteiger partial charge in [0.1, 0.15) is 0 Å². The molecule has 0 radical (unpaired) electrons. The summed E-state index contributed by atoms with van der Waals surface area (Å²) in [5.74, 6) is 0. The molecule has 0 saturated carbocycles. The quantitative estimate of drug-likeness (QED) is 0.613. The van der Waals surface area contributed by atoms with Gasteiger partial charge in [-0.2, -0.15) is 0 Å². The summed E-state index contributed by atoms with van der Waals surface area (Å²) in [5, 5.41) is 4.50. The van der Waals surface area contributed by atoms with Crippen LogP contribution in [0.2, 0.25) is 5.02 Å². The molecule has 0 aliphatic carbocycles. The average Bonchev–Trinajstić information content (AvgIpc) is 2.48. The summed E-state index contributed by atoms with van der Waals surface area (Å²) < 4.78 is 1.27. The average molecular weight is 414 g/mol. The number of nitrogens with one attached hydrogen (secondary N) is 1. The molecule has 2 aromatic carbocycles. The van der Waals surface area contributed by atoms with Gasteiger partial charge < -0.3 is 5.32 Å². The molecule has 0 aliphatic rings. The van der Waals surface area contributed by atoms with Crippen molar-refractivity contribution in [2.45, 2.75) is 32.7 Å². The number of hydrogen-bond donors (Lipinski definition) is 1. The van der Waals surface area contributed by atoms with Gasteiger partial charge in [-0.3, -0.25) is 0 Å². The minimum absolute atomic E-state index is 0.309. The van der Waals surface area contributed by atoms with E-state index in [2.05, 4.69) is 72.1 Å². The molecule has 21 heavy (non-hydrogen) atoms. The zero-order valence-electron chi connectivity index (χ0n) is 12.5. The van der Waals surface area contributed by atoms with E-state index in [0.717, 1.165) is 24.4 Å². The van der Waals surface area contributed by atoms with E-state index in [1.807, 2.05) is 12.1 Å². The lowest BCUT2D eigenvalue weighted by atomic mass is 9.95. The highest BCUT2D eigenvalue weighted by atomic mass is 127. The second-order valence-corrected chi connectivity index (χ2v) is 6.94. The van der Waals surface area contributed by atoms with E-state index in [-0.39, 0.29) is 0 Å². The van der Waals surface area contributed by atoms with Gasteiger partial charge in [0.15, 0.2) is 0 Å². The molecule has 2 rings (SSSR count). The SMILES string of the molecule is CCCNC(Cc1ccc(I)cc1)c1cccc(Cl)c1C. The Bertz CT molecular complexity index is 580. The summed E-state index contributed by atoms with van der Waals surface area (Å²) >= 11 is 8.63. The van der Waals surface area contributed by atoms with E-state index in [1.165, 1.54) is 20.3 Å². The Morgan fingerprint density at radius 3 is 2.52 bits per heavy atom. The van der Waals surface area contributed by atoms with E-state index in [4.69, 9.17) is 11.6 Å². The van der Waals surface area contributed by atoms with Crippen LogP contribution >= 0.6 is 34.2 Å². The molecule has 0 heterocycles. The molecule has 3 heteroatoms. The minimum Gasteiger partial charge on any atom is -0.310 e. The van der Waals surface area contributed by atoms with Crippen LogP contribution in [0.25, 0.3) is 0 Å². The van der Waals surface area contributed by atoms with E-state index >= 15 is 0 Å². The fraction of sp³-hybridized carbons (Fsp3) is 0.333. The van der Waals surface area contributed by atoms with Gasteiger partial charge in [0.05, 0.1) is 0 Å². The third kappa shape index (κ3) is 4.70. The minimum atomic E-state index is 0.309. The number of hydrogen-bond acceptors (Lipinski definition) is 1. The monoisotopic (exact) mass is 413 g/mol. The van der Waals surface area contributed by atoms with Crippen molar-refractivity contribution in [3.63, 3.8) is 0 Å². The third-order valence-electron chi connectivity index (χ3n) is 3.68. The second-order valence-electron chi connectivity index (χ2n) is 5.29. The van der Waals surface area contributed by atoms with E-state index in [0.29, 0.717) is 6.04 Å². The third-order valence-corrected chi connectivity index (χ3v) is 4.81. The first-order valence-electron chi connectivity index (χ1n) is 7.34. The van der Waals surface area contributed by atoms with Crippen LogP contribution in [-0.2, 0) is 6.42 Å².